The normalized spacial score (nSPS) is 50.2. The average molecular weight is 787 g/mol. The molecule has 3 N–H and O–H groups in total. The third-order valence-corrected chi connectivity index (χ3v) is 14.2. The number of carbonyl (C=O) groups is 1. The van der Waals surface area contributed by atoms with Crippen LogP contribution in [0.5, 0.6) is 0 Å². The predicted molar refractivity (Wildman–Crippen MR) is 204 cm³/mol. The van der Waals surface area contributed by atoms with Crippen molar-refractivity contribution in [3.8, 4) is 0 Å². The van der Waals surface area contributed by atoms with Gasteiger partial charge in [0.05, 0.1) is 43.2 Å². The van der Waals surface area contributed by atoms with Crippen molar-refractivity contribution in [2.75, 3.05) is 6.61 Å². The summed E-state index contributed by atoms with van der Waals surface area (Å²) in [5, 5.41) is 35.1. The van der Waals surface area contributed by atoms with E-state index in [0.29, 0.717) is 63.0 Å². The number of aliphatic hydroxyl groups excluding tert-OH is 2. The fourth-order valence-electron chi connectivity index (χ4n) is 10.9. The van der Waals surface area contributed by atoms with Crippen LogP contribution in [0, 0.1) is 17.8 Å². The molecule has 0 unspecified atom stereocenters. The zero-order valence-electron chi connectivity index (χ0n) is 34.1. The molecule has 17 atom stereocenters. The van der Waals surface area contributed by atoms with Gasteiger partial charge in [-0.2, -0.15) is 0 Å². The molecule has 0 aromatic rings. The molecular formula is C44H66O12. The first-order chi connectivity index (χ1) is 26.6. The predicted octanol–water partition coefficient (Wildman–Crippen LogP) is 5.69. The number of fused-ring (bicyclic) bond motifs is 3. The molecule has 6 bridgehead atoms. The molecular weight excluding hydrogens is 720 g/mol. The minimum Gasteiger partial charge on any atom is -0.453 e. The van der Waals surface area contributed by atoms with Crippen LogP contribution in [0.15, 0.2) is 36.0 Å². The van der Waals surface area contributed by atoms with E-state index in [0.717, 1.165) is 44.1 Å². The van der Waals surface area contributed by atoms with Gasteiger partial charge in [0.25, 0.3) is 0 Å². The first kappa shape index (κ1) is 41.0. The van der Waals surface area contributed by atoms with Crippen molar-refractivity contribution in [3.05, 3.63) is 36.0 Å². The lowest BCUT2D eigenvalue weighted by atomic mass is 9.79. The minimum atomic E-state index is -1.97. The zero-order valence-corrected chi connectivity index (χ0v) is 34.1. The molecule has 0 radical (unpaired) electrons. The molecule has 0 aliphatic carbocycles. The Balaban J connectivity index is 1.05. The Labute approximate surface area is 332 Å². The van der Waals surface area contributed by atoms with Crippen LogP contribution < -0.4 is 0 Å². The number of rotatable bonds is 4. The van der Waals surface area contributed by atoms with Crippen molar-refractivity contribution in [1.29, 1.82) is 0 Å². The van der Waals surface area contributed by atoms with Gasteiger partial charge in [-0.15, -0.1) is 0 Å². The van der Waals surface area contributed by atoms with Crippen LogP contribution in [-0.2, 0) is 42.7 Å². The lowest BCUT2D eigenvalue weighted by Crippen LogP contribution is -2.62. The van der Waals surface area contributed by atoms with E-state index >= 15 is 0 Å². The van der Waals surface area contributed by atoms with E-state index in [1.807, 2.05) is 13.0 Å². The molecule has 0 saturated carbocycles. The Morgan fingerprint density at radius 1 is 0.929 bits per heavy atom. The maximum Gasteiger partial charge on any atom is 0.338 e. The van der Waals surface area contributed by atoms with Crippen molar-refractivity contribution in [2.45, 2.75) is 209 Å². The maximum absolute atomic E-state index is 14.2. The van der Waals surface area contributed by atoms with Gasteiger partial charge in [-0.1, -0.05) is 45.1 Å². The number of ether oxygens (including phenoxy) is 8. The summed E-state index contributed by atoms with van der Waals surface area (Å²) in [5.74, 6) is -3.43. The molecule has 12 heteroatoms. The van der Waals surface area contributed by atoms with Crippen molar-refractivity contribution in [1.82, 2.24) is 0 Å². The Kier molecular flexibility index (Phi) is 11.5. The van der Waals surface area contributed by atoms with E-state index in [9.17, 15) is 20.1 Å². The molecule has 6 saturated heterocycles. The SMILES string of the molecule is C=C1[C@H]2OC(=O)[C@](C)(O)C[C@@H]3CC[C@@H](O)[C@]4(C=C(C)C[C@H](O4)[C@H](C)/C=C/[C@H]4CC[C@@]5(CC[C@@H](O[C@@H]1[C@@H](O)C[C@H](C)[C@H]1O[C@@]6(CCCCO6)CC[C@H]1C)[C@H]2O5)O4)O3. The Morgan fingerprint density at radius 2 is 1.71 bits per heavy atom. The second-order valence-electron chi connectivity index (χ2n) is 18.9. The van der Waals surface area contributed by atoms with Crippen LogP contribution in [0.4, 0.5) is 0 Å². The topological polar surface area (TPSA) is 152 Å². The molecule has 3 spiro atoms. The van der Waals surface area contributed by atoms with Crippen LogP contribution in [-0.4, -0.2) is 112 Å². The van der Waals surface area contributed by atoms with Gasteiger partial charge < -0.3 is 53.2 Å². The minimum absolute atomic E-state index is 0.0133. The van der Waals surface area contributed by atoms with Crippen LogP contribution in [0.1, 0.15) is 125 Å². The molecule has 0 aromatic carbocycles. The average Bonchev–Trinajstić information content (AvgIpc) is 3.55. The Morgan fingerprint density at radius 3 is 2.50 bits per heavy atom. The van der Waals surface area contributed by atoms with E-state index in [2.05, 4.69) is 39.5 Å². The van der Waals surface area contributed by atoms with Crippen LogP contribution >= 0.6 is 0 Å². The molecule has 12 nitrogen and oxygen atoms in total. The molecule has 8 heterocycles. The fourth-order valence-corrected chi connectivity index (χ4v) is 10.9. The van der Waals surface area contributed by atoms with Crippen molar-refractivity contribution < 1.29 is 58.0 Å². The number of aliphatic hydroxyl groups is 3. The number of hydrogen-bond donors (Lipinski definition) is 3. The second kappa shape index (κ2) is 15.7. The van der Waals surface area contributed by atoms with Crippen LogP contribution in [0.3, 0.4) is 0 Å². The molecule has 8 aliphatic heterocycles. The van der Waals surface area contributed by atoms with Gasteiger partial charge in [0.15, 0.2) is 23.3 Å². The third kappa shape index (κ3) is 7.98. The monoisotopic (exact) mass is 786 g/mol. The second-order valence-corrected chi connectivity index (χ2v) is 18.9. The molecule has 0 amide bonds. The maximum atomic E-state index is 14.2. The highest BCUT2D eigenvalue weighted by Crippen LogP contribution is 2.48. The summed E-state index contributed by atoms with van der Waals surface area (Å²) in [6, 6.07) is 0. The number of carbonyl (C=O) groups excluding carboxylic acids is 1. The van der Waals surface area contributed by atoms with E-state index in [4.69, 9.17) is 37.9 Å². The molecule has 56 heavy (non-hydrogen) atoms. The van der Waals surface area contributed by atoms with E-state index in [-0.39, 0.29) is 36.6 Å². The quantitative estimate of drug-likeness (QED) is 0.237. The first-order valence-electron chi connectivity index (χ1n) is 21.6. The fraction of sp³-hybridized carbons (Fsp3) is 0.841. The van der Waals surface area contributed by atoms with Gasteiger partial charge in [-0.25, -0.2) is 4.79 Å². The van der Waals surface area contributed by atoms with E-state index in [1.165, 1.54) is 6.92 Å². The van der Waals surface area contributed by atoms with Gasteiger partial charge in [0, 0.05) is 38.0 Å². The Hall–Kier alpha value is -1.71. The van der Waals surface area contributed by atoms with Crippen LogP contribution in [0.25, 0.3) is 0 Å². The van der Waals surface area contributed by atoms with Crippen molar-refractivity contribution in [3.63, 3.8) is 0 Å². The molecule has 8 rings (SSSR count). The lowest BCUT2D eigenvalue weighted by molar-refractivity contribution is -0.324. The summed E-state index contributed by atoms with van der Waals surface area (Å²) in [5.41, 5.74) is -0.541. The number of hydrogen-bond acceptors (Lipinski definition) is 12. The van der Waals surface area contributed by atoms with Crippen molar-refractivity contribution >= 4 is 5.97 Å². The first-order valence-corrected chi connectivity index (χ1v) is 21.6. The van der Waals surface area contributed by atoms with E-state index < -0.39 is 71.7 Å². The summed E-state index contributed by atoms with van der Waals surface area (Å²) in [4.78, 5) is 14.2. The van der Waals surface area contributed by atoms with Gasteiger partial charge in [-0.05, 0) is 95.1 Å². The highest BCUT2D eigenvalue weighted by Gasteiger charge is 2.57. The zero-order chi connectivity index (χ0) is 39.6. The van der Waals surface area contributed by atoms with Gasteiger partial charge in [0.2, 0.25) is 5.79 Å². The third-order valence-electron chi connectivity index (χ3n) is 14.2. The van der Waals surface area contributed by atoms with Gasteiger partial charge >= 0.3 is 5.97 Å². The summed E-state index contributed by atoms with van der Waals surface area (Å²) in [6.07, 6.45) is 9.11. The highest BCUT2D eigenvalue weighted by atomic mass is 16.7. The summed E-state index contributed by atoms with van der Waals surface area (Å²) in [6.45, 7) is 14.9. The molecule has 8 aliphatic rings. The summed E-state index contributed by atoms with van der Waals surface area (Å²) >= 11 is 0. The van der Waals surface area contributed by atoms with Crippen LogP contribution in [0.2, 0.25) is 0 Å². The van der Waals surface area contributed by atoms with Gasteiger partial charge in [0.1, 0.15) is 18.3 Å². The largest absolute Gasteiger partial charge is 0.453 e. The number of esters is 1. The summed E-state index contributed by atoms with van der Waals surface area (Å²) in [7, 11) is 0. The molecule has 0 aromatic heterocycles. The molecule has 6 fully saturated rings. The van der Waals surface area contributed by atoms with Crippen molar-refractivity contribution in [2.24, 2.45) is 17.8 Å². The smallest absolute Gasteiger partial charge is 0.338 e. The lowest BCUT2D eigenvalue weighted by Gasteiger charge is -2.51. The standard InChI is InChI=1S/C44H66O12/c1-25-21-34-26(2)9-10-30-14-18-43(52-30)19-15-33-39(56-43)38(51-40(47)41(6,48)24-31-11-12-35(46)44(23-25,53-31)54-34)29(5)37(50-33)32(45)22-28(4)36-27(3)13-17-42(55-36)16-7-8-20-49-42/h9-10,23,26-28,30-39,45-46,48H,5,7-8,11-22,24H2,1-4,6H3/b10-9+/t26-,27-,28+,30+,31+,32+,33-,34+,35-,36+,37+,38-,39-,41-,42+,43-,44-/m1/s1. The molecule has 314 valence electrons. The Bertz CT molecular complexity index is 1520. The highest BCUT2D eigenvalue weighted by molar-refractivity contribution is 5.79. The summed E-state index contributed by atoms with van der Waals surface area (Å²) < 4.78 is 52.5. The van der Waals surface area contributed by atoms with Gasteiger partial charge in [-0.3, -0.25) is 0 Å². The van der Waals surface area contributed by atoms with E-state index in [1.54, 1.807) is 0 Å².